The van der Waals surface area contributed by atoms with E-state index in [-0.39, 0.29) is 24.0 Å². The van der Waals surface area contributed by atoms with Crippen molar-refractivity contribution in [1.82, 2.24) is 4.57 Å². The van der Waals surface area contributed by atoms with Crippen LogP contribution in [0, 0.1) is 0 Å². The van der Waals surface area contributed by atoms with Crippen LogP contribution in [0.3, 0.4) is 0 Å². The first-order valence-electron chi connectivity index (χ1n) is 14.1. The lowest BCUT2D eigenvalue weighted by Crippen LogP contribution is -2.39. The summed E-state index contributed by atoms with van der Waals surface area (Å²) in [5.41, 5.74) is 3.79. The number of nitrogens with zero attached hydrogens (tertiary/aromatic N) is 2. The van der Waals surface area contributed by atoms with Crippen molar-refractivity contribution in [2.75, 3.05) is 26.1 Å². The zero-order valence-electron chi connectivity index (χ0n) is 25.1. The van der Waals surface area contributed by atoms with E-state index in [0.29, 0.717) is 37.7 Å². The molecule has 2 heterocycles. The second-order valence-electron chi connectivity index (χ2n) is 10.5. The maximum atomic E-state index is 13.8. The molecule has 9 nitrogen and oxygen atoms in total. The Bertz CT molecular complexity index is 1920. The van der Waals surface area contributed by atoms with Crippen molar-refractivity contribution in [2.45, 2.75) is 32.7 Å². The maximum absolute atomic E-state index is 13.8. The number of carbonyl (C=O) groups excluding carboxylic acids is 2. The van der Waals surface area contributed by atoms with Gasteiger partial charge in [0.1, 0.15) is 0 Å². The summed E-state index contributed by atoms with van der Waals surface area (Å²) in [6.07, 6.45) is 1.74. The highest BCUT2D eigenvalue weighted by Crippen LogP contribution is 2.31. The Morgan fingerprint density at radius 3 is 2.45 bits per heavy atom. The number of thiazole rings is 1. The second kappa shape index (κ2) is 13.1. The summed E-state index contributed by atoms with van der Waals surface area (Å²) in [5.74, 6) is 0.229. The van der Waals surface area contributed by atoms with Gasteiger partial charge in [-0.05, 0) is 53.8 Å². The van der Waals surface area contributed by atoms with E-state index in [4.69, 9.17) is 14.2 Å². The van der Waals surface area contributed by atoms with E-state index in [9.17, 15) is 14.4 Å². The van der Waals surface area contributed by atoms with Gasteiger partial charge in [0.15, 0.2) is 22.9 Å². The number of esters is 1. The molecule has 0 saturated heterocycles. The molecule has 1 N–H and O–H groups in total. The first kappa shape index (κ1) is 30.5. The van der Waals surface area contributed by atoms with Gasteiger partial charge in [-0.3, -0.25) is 14.2 Å². The van der Waals surface area contributed by atoms with Gasteiger partial charge in [0, 0.05) is 5.69 Å². The molecule has 0 spiro atoms. The number of methoxy groups -OCH3 is 2. The normalized spacial score (nSPS) is 14.6. The van der Waals surface area contributed by atoms with Gasteiger partial charge in [0.2, 0.25) is 0 Å². The van der Waals surface area contributed by atoms with E-state index in [1.54, 1.807) is 31.2 Å². The molecule has 1 unspecified atom stereocenters. The van der Waals surface area contributed by atoms with Gasteiger partial charge < -0.3 is 19.5 Å². The number of rotatable bonds is 9. The molecule has 44 heavy (non-hydrogen) atoms. The Kier molecular flexibility index (Phi) is 9.10. The summed E-state index contributed by atoms with van der Waals surface area (Å²) in [4.78, 5) is 44.3. The van der Waals surface area contributed by atoms with E-state index in [1.807, 2.05) is 54.6 Å². The summed E-state index contributed by atoms with van der Waals surface area (Å²) in [7, 11) is 2.82. The first-order valence-corrected chi connectivity index (χ1v) is 14.9. The lowest BCUT2D eigenvalue weighted by atomic mass is 9.96. The lowest BCUT2D eigenvalue weighted by Gasteiger charge is -2.24. The van der Waals surface area contributed by atoms with Crippen molar-refractivity contribution in [2.24, 2.45) is 4.99 Å². The summed E-state index contributed by atoms with van der Waals surface area (Å²) in [6.45, 7) is 5.67. The van der Waals surface area contributed by atoms with Crippen LogP contribution in [0.5, 0.6) is 11.5 Å². The van der Waals surface area contributed by atoms with Crippen LogP contribution >= 0.6 is 11.3 Å². The third-order valence-electron chi connectivity index (χ3n) is 7.24. The Morgan fingerprint density at radius 1 is 1.02 bits per heavy atom. The van der Waals surface area contributed by atoms with Gasteiger partial charge in [0.25, 0.3) is 11.5 Å². The Labute approximate surface area is 258 Å². The minimum absolute atomic E-state index is 0.206. The van der Waals surface area contributed by atoms with E-state index < -0.39 is 12.0 Å². The van der Waals surface area contributed by atoms with Crippen LogP contribution in [0.15, 0.2) is 93.9 Å². The molecule has 1 atom stereocenters. The van der Waals surface area contributed by atoms with Gasteiger partial charge in [-0.1, -0.05) is 79.8 Å². The topological polar surface area (TPSA) is 108 Å². The number of nitrogens with one attached hydrogen (secondary N) is 1. The number of carbonyl (C=O) groups is 2. The zero-order chi connectivity index (χ0) is 31.4. The van der Waals surface area contributed by atoms with Crippen LogP contribution in [-0.4, -0.2) is 37.3 Å². The molecule has 1 aliphatic rings. The molecule has 0 fully saturated rings. The smallest absolute Gasteiger partial charge is 0.338 e. The molecule has 226 valence electrons. The van der Waals surface area contributed by atoms with Crippen molar-refractivity contribution in [3.8, 4) is 11.5 Å². The summed E-state index contributed by atoms with van der Waals surface area (Å²) in [6, 6.07) is 21.6. The number of benzene rings is 3. The van der Waals surface area contributed by atoms with Crippen LogP contribution in [0.25, 0.3) is 6.08 Å². The Balaban J connectivity index is 1.43. The molecule has 0 bridgehead atoms. The van der Waals surface area contributed by atoms with Crippen molar-refractivity contribution in [1.29, 1.82) is 0 Å². The molecule has 1 aromatic heterocycles. The van der Waals surface area contributed by atoms with Crippen LogP contribution in [0.4, 0.5) is 5.69 Å². The standard InChI is InChI=1S/C34H33N3O6S/c1-20(2)24-13-9-10-14-25(24)36-29(38)19-43-26-16-15-22(17-27(26)41-4)18-28-32(39)37-31(23-11-7-6-8-12-23)30(33(40)42-5)21(3)35-34(37)44-28/h6-18,20,31H,19H2,1-5H3,(H,36,38). The first-order chi connectivity index (χ1) is 21.2. The van der Waals surface area contributed by atoms with Crippen molar-refractivity contribution in [3.05, 3.63) is 120 Å². The predicted molar refractivity (Wildman–Crippen MR) is 170 cm³/mol. The van der Waals surface area contributed by atoms with E-state index >= 15 is 0 Å². The number of para-hydroxylation sites is 1. The third-order valence-corrected chi connectivity index (χ3v) is 8.23. The molecule has 3 aromatic carbocycles. The average Bonchev–Trinajstić information content (AvgIpc) is 3.33. The molecule has 0 aliphatic carbocycles. The van der Waals surface area contributed by atoms with Crippen LogP contribution in [-0.2, 0) is 14.3 Å². The van der Waals surface area contributed by atoms with Crippen molar-refractivity contribution in [3.63, 3.8) is 0 Å². The number of ether oxygens (including phenoxy) is 3. The van der Waals surface area contributed by atoms with Gasteiger partial charge in [-0.2, -0.15) is 0 Å². The molecule has 1 amide bonds. The molecule has 0 saturated carbocycles. The number of anilines is 1. The van der Waals surface area contributed by atoms with E-state index in [1.165, 1.54) is 30.1 Å². The van der Waals surface area contributed by atoms with Crippen LogP contribution in [0.2, 0.25) is 0 Å². The van der Waals surface area contributed by atoms with Gasteiger partial charge in [0.05, 0.1) is 36.1 Å². The zero-order valence-corrected chi connectivity index (χ0v) is 25.9. The monoisotopic (exact) mass is 611 g/mol. The molecular weight excluding hydrogens is 578 g/mol. The highest BCUT2D eigenvalue weighted by atomic mass is 32.1. The molecule has 1 aliphatic heterocycles. The predicted octanol–water partition coefficient (Wildman–Crippen LogP) is 4.56. The number of allylic oxidation sites excluding steroid dienone is 1. The molecule has 0 radical (unpaired) electrons. The lowest BCUT2D eigenvalue weighted by molar-refractivity contribution is -0.136. The quantitative estimate of drug-likeness (QED) is 0.278. The van der Waals surface area contributed by atoms with Crippen molar-refractivity contribution < 1.29 is 23.8 Å². The number of amides is 1. The van der Waals surface area contributed by atoms with E-state index in [2.05, 4.69) is 24.2 Å². The SMILES string of the molecule is COC(=O)C1=C(C)N=c2sc(=Cc3ccc(OCC(=O)Nc4ccccc4C(C)C)c(OC)c3)c(=O)n2C1c1ccccc1. The second-order valence-corrected chi connectivity index (χ2v) is 11.5. The minimum Gasteiger partial charge on any atom is -0.493 e. The number of hydrogen-bond acceptors (Lipinski definition) is 8. The highest BCUT2D eigenvalue weighted by Gasteiger charge is 2.32. The largest absolute Gasteiger partial charge is 0.493 e. The molecule has 5 rings (SSSR count). The fourth-order valence-electron chi connectivity index (χ4n) is 5.13. The maximum Gasteiger partial charge on any atom is 0.338 e. The van der Waals surface area contributed by atoms with Gasteiger partial charge >= 0.3 is 5.97 Å². The molecule has 10 heteroatoms. The highest BCUT2D eigenvalue weighted by molar-refractivity contribution is 7.07. The van der Waals surface area contributed by atoms with Crippen molar-refractivity contribution >= 4 is 35.0 Å². The van der Waals surface area contributed by atoms with E-state index in [0.717, 1.165) is 16.8 Å². The summed E-state index contributed by atoms with van der Waals surface area (Å²) in [5, 5.41) is 2.92. The summed E-state index contributed by atoms with van der Waals surface area (Å²) >= 11 is 1.23. The fraction of sp³-hybridized carbons (Fsp3) is 0.235. The number of aromatic nitrogens is 1. The van der Waals surface area contributed by atoms with Crippen LogP contribution in [0.1, 0.15) is 49.4 Å². The number of hydrogen-bond donors (Lipinski definition) is 1. The third kappa shape index (κ3) is 6.21. The summed E-state index contributed by atoms with van der Waals surface area (Å²) < 4.78 is 18.4. The Hall–Kier alpha value is -4.96. The molecule has 4 aromatic rings. The fourth-order valence-corrected chi connectivity index (χ4v) is 6.18. The Morgan fingerprint density at radius 2 is 1.75 bits per heavy atom. The van der Waals surface area contributed by atoms with Gasteiger partial charge in [-0.15, -0.1) is 0 Å². The number of fused-ring (bicyclic) bond motifs is 1. The van der Waals surface area contributed by atoms with Crippen LogP contribution < -0.4 is 29.7 Å². The minimum atomic E-state index is -0.675. The van der Waals surface area contributed by atoms with Gasteiger partial charge in [-0.25, -0.2) is 9.79 Å². The molecular formula is C34H33N3O6S. The average molecular weight is 612 g/mol.